The maximum atomic E-state index is 11.6. The van der Waals surface area contributed by atoms with Gasteiger partial charge in [0.1, 0.15) is 0 Å². The third-order valence-electron chi connectivity index (χ3n) is 2.54. The Morgan fingerprint density at radius 2 is 2.12 bits per heavy atom. The van der Waals surface area contributed by atoms with Gasteiger partial charge >= 0.3 is 6.03 Å². The van der Waals surface area contributed by atoms with Gasteiger partial charge in [-0.1, -0.05) is 0 Å². The predicted molar refractivity (Wildman–Crippen MR) is 66.8 cm³/mol. The van der Waals surface area contributed by atoms with E-state index in [4.69, 9.17) is 5.11 Å². The summed E-state index contributed by atoms with van der Waals surface area (Å²) in [7, 11) is 1.73. The van der Waals surface area contributed by atoms with Crippen LogP contribution in [-0.2, 0) is 6.54 Å². The van der Waals surface area contributed by atoms with E-state index in [-0.39, 0.29) is 12.1 Å². The molecule has 1 unspecified atom stereocenters. The van der Waals surface area contributed by atoms with E-state index in [1.165, 1.54) is 0 Å². The van der Waals surface area contributed by atoms with Crippen molar-refractivity contribution in [2.45, 2.75) is 26.0 Å². The van der Waals surface area contributed by atoms with Crippen molar-refractivity contribution >= 4 is 6.03 Å². The van der Waals surface area contributed by atoms with Gasteiger partial charge in [-0.3, -0.25) is 0 Å². The summed E-state index contributed by atoms with van der Waals surface area (Å²) in [4.78, 5) is 13.2. The SMILES string of the molecule is CC(O)CCN(C)C(=O)NCCn1cccc1. The van der Waals surface area contributed by atoms with Crippen LogP contribution in [0.5, 0.6) is 0 Å². The number of amides is 2. The number of hydrogen-bond acceptors (Lipinski definition) is 2. The highest BCUT2D eigenvalue weighted by molar-refractivity contribution is 5.73. The summed E-state index contributed by atoms with van der Waals surface area (Å²) in [5.74, 6) is 0. The number of carbonyl (C=O) groups is 1. The highest BCUT2D eigenvalue weighted by Crippen LogP contribution is 1.94. The van der Waals surface area contributed by atoms with Gasteiger partial charge in [0.2, 0.25) is 0 Å². The van der Waals surface area contributed by atoms with E-state index in [1.807, 2.05) is 29.1 Å². The molecule has 1 aromatic heterocycles. The first kappa shape index (κ1) is 13.6. The average Bonchev–Trinajstić information content (AvgIpc) is 2.78. The van der Waals surface area contributed by atoms with Gasteiger partial charge in [-0.2, -0.15) is 0 Å². The lowest BCUT2D eigenvalue weighted by Gasteiger charge is -2.18. The van der Waals surface area contributed by atoms with E-state index < -0.39 is 0 Å². The summed E-state index contributed by atoms with van der Waals surface area (Å²) in [6.07, 6.45) is 4.15. The molecule has 0 aliphatic heterocycles. The number of urea groups is 1. The fraction of sp³-hybridized carbons (Fsp3) is 0.583. The minimum atomic E-state index is -0.370. The van der Waals surface area contributed by atoms with Crippen LogP contribution >= 0.6 is 0 Å². The van der Waals surface area contributed by atoms with Gasteiger partial charge in [0.05, 0.1) is 6.10 Å². The van der Waals surface area contributed by atoms with Gasteiger partial charge in [0.15, 0.2) is 0 Å². The maximum absolute atomic E-state index is 11.6. The topological polar surface area (TPSA) is 57.5 Å². The summed E-state index contributed by atoms with van der Waals surface area (Å²) in [5, 5.41) is 12.0. The third-order valence-corrected chi connectivity index (χ3v) is 2.54. The summed E-state index contributed by atoms with van der Waals surface area (Å²) in [6, 6.07) is 3.81. The number of nitrogens with zero attached hydrogens (tertiary/aromatic N) is 2. The molecule has 5 heteroatoms. The first-order valence-electron chi connectivity index (χ1n) is 5.87. The Morgan fingerprint density at radius 1 is 1.47 bits per heavy atom. The molecule has 0 fully saturated rings. The van der Waals surface area contributed by atoms with Crippen molar-refractivity contribution in [1.29, 1.82) is 0 Å². The standard InChI is InChI=1S/C12H21N3O2/c1-11(16)5-9-14(2)12(17)13-6-10-15-7-3-4-8-15/h3-4,7-8,11,16H,5-6,9-10H2,1-2H3,(H,13,17). The molecule has 0 spiro atoms. The minimum Gasteiger partial charge on any atom is -0.393 e. The lowest BCUT2D eigenvalue weighted by atomic mass is 10.3. The van der Waals surface area contributed by atoms with Crippen LogP contribution in [0.25, 0.3) is 0 Å². The van der Waals surface area contributed by atoms with E-state index in [9.17, 15) is 4.79 Å². The van der Waals surface area contributed by atoms with Gasteiger partial charge in [0, 0.05) is 39.1 Å². The Hall–Kier alpha value is -1.49. The molecule has 0 saturated carbocycles. The molecule has 1 aromatic rings. The molecular weight excluding hydrogens is 218 g/mol. The van der Waals surface area contributed by atoms with Crippen LogP contribution in [0.3, 0.4) is 0 Å². The molecule has 5 nitrogen and oxygen atoms in total. The molecule has 2 N–H and O–H groups in total. The van der Waals surface area contributed by atoms with Gasteiger partial charge < -0.3 is 19.9 Å². The number of aliphatic hydroxyl groups excluding tert-OH is 1. The van der Waals surface area contributed by atoms with E-state index in [0.717, 1.165) is 6.54 Å². The summed E-state index contributed by atoms with van der Waals surface area (Å²) in [6.45, 7) is 3.65. The van der Waals surface area contributed by atoms with Crippen LogP contribution in [0.1, 0.15) is 13.3 Å². The summed E-state index contributed by atoms with van der Waals surface area (Å²) >= 11 is 0. The van der Waals surface area contributed by atoms with Crippen LogP contribution in [0.15, 0.2) is 24.5 Å². The number of nitrogens with one attached hydrogen (secondary N) is 1. The van der Waals surface area contributed by atoms with Crippen LogP contribution in [0.2, 0.25) is 0 Å². The Morgan fingerprint density at radius 3 is 2.71 bits per heavy atom. The zero-order chi connectivity index (χ0) is 12.7. The molecule has 0 saturated heterocycles. The van der Waals surface area contributed by atoms with Crippen molar-refractivity contribution < 1.29 is 9.90 Å². The third kappa shape index (κ3) is 5.40. The maximum Gasteiger partial charge on any atom is 0.317 e. The second-order valence-electron chi connectivity index (χ2n) is 4.21. The average molecular weight is 239 g/mol. The summed E-state index contributed by atoms with van der Waals surface area (Å²) < 4.78 is 2.01. The normalized spacial score (nSPS) is 12.2. The molecule has 2 amide bonds. The van der Waals surface area contributed by atoms with Crippen molar-refractivity contribution in [2.75, 3.05) is 20.1 Å². The monoisotopic (exact) mass is 239 g/mol. The van der Waals surface area contributed by atoms with Crippen molar-refractivity contribution in [3.8, 4) is 0 Å². The Labute approximate surface area is 102 Å². The van der Waals surface area contributed by atoms with Gasteiger partial charge in [-0.25, -0.2) is 4.79 Å². The van der Waals surface area contributed by atoms with E-state index >= 15 is 0 Å². The van der Waals surface area contributed by atoms with Crippen LogP contribution in [0.4, 0.5) is 4.79 Å². The molecule has 1 heterocycles. The fourth-order valence-electron chi connectivity index (χ4n) is 1.43. The minimum absolute atomic E-state index is 0.0993. The first-order chi connectivity index (χ1) is 8.09. The second kappa shape index (κ2) is 6.96. The number of aliphatic hydroxyl groups is 1. The largest absolute Gasteiger partial charge is 0.393 e. The first-order valence-corrected chi connectivity index (χ1v) is 5.87. The Bertz CT molecular complexity index is 323. The summed E-state index contributed by atoms with van der Waals surface area (Å²) in [5.41, 5.74) is 0. The van der Waals surface area contributed by atoms with Crippen molar-refractivity contribution in [3.63, 3.8) is 0 Å². The van der Waals surface area contributed by atoms with Crippen molar-refractivity contribution in [2.24, 2.45) is 0 Å². The molecule has 0 aromatic carbocycles. The predicted octanol–water partition coefficient (Wildman–Crippen LogP) is 0.900. The van der Waals surface area contributed by atoms with Crippen molar-refractivity contribution in [3.05, 3.63) is 24.5 Å². The Balaban J connectivity index is 2.15. The van der Waals surface area contributed by atoms with E-state index in [0.29, 0.717) is 19.5 Å². The van der Waals surface area contributed by atoms with Crippen LogP contribution in [-0.4, -0.2) is 46.8 Å². The van der Waals surface area contributed by atoms with Crippen molar-refractivity contribution in [1.82, 2.24) is 14.8 Å². The van der Waals surface area contributed by atoms with Crippen LogP contribution < -0.4 is 5.32 Å². The quantitative estimate of drug-likeness (QED) is 0.775. The molecule has 0 bridgehead atoms. The van der Waals surface area contributed by atoms with Gasteiger partial charge in [-0.15, -0.1) is 0 Å². The zero-order valence-electron chi connectivity index (χ0n) is 10.5. The molecule has 0 aliphatic rings. The fourth-order valence-corrected chi connectivity index (χ4v) is 1.43. The van der Waals surface area contributed by atoms with E-state index in [2.05, 4.69) is 5.32 Å². The molecule has 96 valence electrons. The number of hydrogen-bond donors (Lipinski definition) is 2. The van der Waals surface area contributed by atoms with E-state index in [1.54, 1.807) is 18.9 Å². The Kier molecular flexibility index (Phi) is 5.56. The molecule has 0 aliphatic carbocycles. The molecular formula is C12H21N3O2. The second-order valence-corrected chi connectivity index (χ2v) is 4.21. The molecule has 0 radical (unpaired) electrons. The molecule has 1 atom stereocenters. The highest BCUT2D eigenvalue weighted by Gasteiger charge is 2.08. The lowest BCUT2D eigenvalue weighted by Crippen LogP contribution is -2.39. The molecule has 17 heavy (non-hydrogen) atoms. The smallest absolute Gasteiger partial charge is 0.317 e. The number of carbonyl (C=O) groups excluding carboxylic acids is 1. The number of rotatable bonds is 6. The molecule has 1 rings (SSSR count). The van der Waals surface area contributed by atoms with Gasteiger partial charge in [-0.05, 0) is 25.5 Å². The zero-order valence-corrected chi connectivity index (χ0v) is 10.5. The van der Waals surface area contributed by atoms with Crippen LogP contribution in [0, 0.1) is 0 Å². The highest BCUT2D eigenvalue weighted by atomic mass is 16.3. The lowest BCUT2D eigenvalue weighted by molar-refractivity contribution is 0.163. The van der Waals surface area contributed by atoms with Gasteiger partial charge in [0.25, 0.3) is 0 Å². The number of aromatic nitrogens is 1.